The van der Waals surface area contributed by atoms with Crippen LogP contribution in [0.25, 0.3) is 0 Å². The first-order valence-corrected chi connectivity index (χ1v) is 9.42. The van der Waals surface area contributed by atoms with Crippen molar-refractivity contribution in [2.45, 2.75) is 20.3 Å². The molecule has 0 atom stereocenters. The molecule has 0 aromatic heterocycles. The van der Waals surface area contributed by atoms with Gasteiger partial charge in [-0.3, -0.25) is 14.9 Å². The standard InChI is InChI=1S/C21H25N3O4/c1-16-4-3-5-20(17(16)2)22-11-13-23(14-12-22)21(25)10-15-28-19-8-6-18(7-9-19)24(26)27/h3-9H,10-15H2,1-2H3. The van der Waals surface area contributed by atoms with E-state index in [0.29, 0.717) is 25.3 Å². The second kappa shape index (κ2) is 8.73. The normalized spacial score (nSPS) is 14.1. The molecule has 1 fully saturated rings. The average molecular weight is 383 g/mol. The Morgan fingerprint density at radius 1 is 1.07 bits per heavy atom. The third kappa shape index (κ3) is 4.60. The smallest absolute Gasteiger partial charge is 0.269 e. The van der Waals surface area contributed by atoms with E-state index in [4.69, 9.17) is 4.74 Å². The maximum absolute atomic E-state index is 12.4. The number of carbonyl (C=O) groups excluding carboxylic acids is 1. The number of rotatable bonds is 6. The minimum absolute atomic E-state index is 0.0187. The van der Waals surface area contributed by atoms with Gasteiger partial charge in [-0.25, -0.2) is 0 Å². The molecular weight excluding hydrogens is 358 g/mol. The fourth-order valence-electron chi connectivity index (χ4n) is 3.35. The van der Waals surface area contributed by atoms with Gasteiger partial charge < -0.3 is 14.5 Å². The summed E-state index contributed by atoms with van der Waals surface area (Å²) in [4.78, 5) is 26.8. The van der Waals surface area contributed by atoms with Gasteiger partial charge >= 0.3 is 0 Å². The maximum atomic E-state index is 12.4. The third-order valence-electron chi connectivity index (χ3n) is 5.18. The van der Waals surface area contributed by atoms with E-state index in [0.717, 1.165) is 13.1 Å². The van der Waals surface area contributed by atoms with Crippen molar-refractivity contribution in [1.82, 2.24) is 4.90 Å². The number of amides is 1. The first kappa shape index (κ1) is 19.7. The number of nitro benzene ring substituents is 1. The van der Waals surface area contributed by atoms with Crippen molar-refractivity contribution in [3.8, 4) is 5.75 Å². The number of nitro groups is 1. The van der Waals surface area contributed by atoms with Crippen molar-refractivity contribution in [2.24, 2.45) is 0 Å². The van der Waals surface area contributed by atoms with Crippen molar-refractivity contribution in [2.75, 3.05) is 37.7 Å². The molecule has 1 aliphatic rings. The predicted octanol–water partition coefficient (Wildman–Crippen LogP) is 3.33. The van der Waals surface area contributed by atoms with E-state index in [1.165, 1.54) is 28.9 Å². The summed E-state index contributed by atoms with van der Waals surface area (Å²) in [5.41, 5.74) is 3.83. The molecule has 0 bridgehead atoms. The zero-order valence-corrected chi connectivity index (χ0v) is 16.3. The topological polar surface area (TPSA) is 75.9 Å². The Morgan fingerprint density at radius 2 is 1.75 bits per heavy atom. The number of piperazine rings is 1. The molecule has 0 saturated carbocycles. The van der Waals surface area contributed by atoms with Gasteiger partial charge in [-0.2, -0.15) is 0 Å². The first-order valence-electron chi connectivity index (χ1n) is 9.42. The van der Waals surface area contributed by atoms with E-state index in [1.54, 1.807) is 12.1 Å². The Balaban J connectivity index is 1.45. The highest BCUT2D eigenvalue weighted by atomic mass is 16.6. The number of hydrogen-bond donors (Lipinski definition) is 0. The number of ether oxygens (including phenoxy) is 1. The predicted molar refractivity (Wildman–Crippen MR) is 108 cm³/mol. The molecule has 1 heterocycles. The molecule has 0 spiro atoms. The molecule has 1 saturated heterocycles. The number of anilines is 1. The van der Waals surface area contributed by atoms with Crippen LogP contribution in [0.2, 0.25) is 0 Å². The summed E-state index contributed by atoms with van der Waals surface area (Å²) in [6, 6.07) is 12.2. The van der Waals surface area contributed by atoms with Gasteiger partial charge in [0.25, 0.3) is 5.69 Å². The molecule has 0 aliphatic carbocycles. The van der Waals surface area contributed by atoms with E-state index >= 15 is 0 Å². The summed E-state index contributed by atoms with van der Waals surface area (Å²) in [5.74, 6) is 0.598. The van der Waals surface area contributed by atoms with Gasteiger partial charge in [-0.1, -0.05) is 12.1 Å². The molecule has 0 N–H and O–H groups in total. The van der Waals surface area contributed by atoms with Crippen LogP contribution in [0.4, 0.5) is 11.4 Å². The van der Waals surface area contributed by atoms with Crippen molar-refractivity contribution >= 4 is 17.3 Å². The van der Waals surface area contributed by atoms with E-state index in [9.17, 15) is 14.9 Å². The van der Waals surface area contributed by atoms with Gasteiger partial charge in [0.15, 0.2) is 0 Å². The molecule has 148 valence electrons. The Hall–Kier alpha value is -3.09. The largest absolute Gasteiger partial charge is 0.493 e. The van der Waals surface area contributed by atoms with Gasteiger partial charge in [0, 0.05) is 44.0 Å². The zero-order valence-electron chi connectivity index (χ0n) is 16.3. The summed E-state index contributed by atoms with van der Waals surface area (Å²) in [6.45, 7) is 7.54. The number of carbonyl (C=O) groups is 1. The molecule has 7 nitrogen and oxygen atoms in total. The monoisotopic (exact) mass is 383 g/mol. The van der Waals surface area contributed by atoms with Crippen molar-refractivity contribution in [3.63, 3.8) is 0 Å². The van der Waals surface area contributed by atoms with E-state index < -0.39 is 4.92 Å². The van der Waals surface area contributed by atoms with Crippen LogP contribution >= 0.6 is 0 Å². The molecular formula is C21H25N3O4. The second-order valence-corrected chi connectivity index (χ2v) is 6.94. The van der Waals surface area contributed by atoms with Gasteiger partial charge in [0.1, 0.15) is 5.75 Å². The van der Waals surface area contributed by atoms with Gasteiger partial charge in [0.05, 0.1) is 18.0 Å². The number of aryl methyl sites for hydroxylation is 1. The molecule has 1 amide bonds. The SMILES string of the molecule is Cc1cccc(N2CCN(C(=O)CCOc3ccc([N+](=O)[O-])cc3)CC2)c1C. The van der Waals surface area contributed by atoms with Crippen LogP contribution in [0, 0.1) is 24.0 Å². The van der Waals surface area contributed by atoms with E-state index in [-0.39, 0.29) is 18.2 Å². The Morgan fingerprint density at radius 3 is 2.39 bits per heavy atom. The molecule has 0 unspecified atom stereocenters. The lowest BCUT2D eigenvalue weighted by Crippen LogP contribution is -2.49. The third-order valence-corrected chi connectivity index (χ3v) is 5.18. The van der Waals surface area contributed by atoms with Crippen LogP contribution in [0.3, 0.4) is 0 Å². The summed E-state index contributed by atoms with van der Waals surface area (Å²) in [6.07, 6.45) is 0.292. The number of hydrogen-bond acceptors (Lipinski definition) is 5. The Labute approximate surface area is 164 Å². The lowest BCUT2D eigenvalue weighted by molar-refractivity contribution is -0.384. The van der Waals surface area contributed by atoms with Crippen LogP contribution in [-0.2, 0) is 4.79 Å². The minimum atomic E-state index is -0.453. The molecule has 7 heteroatoms. The fourth-order valence-corrected chi connectivity index (χ4v) is 3.35. The lowest BCUT2D eigenvalue weighted by atomic mass is 10.1. The molecule has 1 aliphatic heterocycles. The highest BCUT2D eigenvalue weighted by molar-refractivity contribution is 5.76. The van der Waals surface area contributed by atoms with Crippen LogP contribution in [0.15, 0.2) is 42.5 Å². The van der Waals surface area contributed by atoms with Crippen LogP contribution < -0.4 is 9.64 Å². The summed E-state index contributed by atoms with van der Waals surface area (Å²) in [7, 11) is 0. The second-order valence-electron chi connectivity index (χ2n) is 6.94. The molecule has 28 heavy (non-hydrogen) atoms. The number of non-ortho nitro benzene ring substituents is 1. The van der Waals surface area contributed by atoms with Crippen molar-refractivity contribution in [1.29, 1.82) is 0 Å². The van der Waals surface area contributed by atoms with Crippen LogP contribution in [0.1, 0.15) is 17.5 Å². The van der Waals surface area contributed by atoms with Crippen LogP contribution in [-0.4, -0.2) is 48.5 Å². The number of benzene rings is 2. The quantitative estimate of drug-likeness (QED) is 0.565. The first-order chi connectivity index (χ1) is 13.5. The van der Waals surface area contributed by atoms with Gasteiger partial charge in [-0.15, -0.1) is 0 Å². The minimum Gasteiger partial charge on any atom is -0.493 e. The van der Waals surface area contributed by atoms with Gasteiger partial charge in [-0.05, 0) is 43.2 Å². The summed E-state index contributed by atoms with van der Waals surface area (Å²) >= 11 is 0. The van der Waals surface area contributed by atoms with Crippen LogP contribution in [0.5, 0.6) is 5.75 Å². The molecule has 2 aromatic carbocycles. The van der Waals surface area contributed by atoms with E-state index in [1.807, 2.05) is 4.90 Å². The van der Waals surface area contributed by atoms with Gasteiger partial charge in [0.2, 0.25) is 5.91 Å². The average Bonchev–Trinajstić information content (AvgIpc) is 2.70. The lowest BCUT2D eigenvalue weighted by Gasteiger charge is -2.37. The zero-order chi connectivity index (χ0) is 20.1. The van der Waals surface area contributed by atoms with Crippen molar-refractivity contribution in [3.05, 3.63) is 63.7 Å². The Kier molecular flexibility index (Phi) is 6.13. The van der Waals surface area contributed by atoms with E-state index in [2.05, 4.69) is 36.9 Å². The summed E-state index contributed by atoms with van der Waals surface area (Å²) < 4.78 is 5.54. The molecule has 0 radical (unpaired) electrons. The highest BCUT2D eigenvalue weighted by Crippen LogP contribution is 2.24. The highest BCUT2D eigenvalue weighted by Gasteiger charge is 2.22. The fraction of sp³-hybridized carbons (Fsp3) is 0.381. The summed E-state index contributed by atoms with van der Waals surface area (Å²) in [5, 5.41) is 10.7. The maximum Gasteiger partial charge on any atom is 0.269 e. The molecule has 3 rings (SSSR count). The Bertz CT molecular complexity index is 843. The number of nitrogens with zero attached hydrogens (tertiary/aromatic N) is 3. The molecule has 2 aromatic rings. The van der Waals surface area contributed by atoms with Crippen molar-refractivity contribution < 1.29 is 14.5 Å².